The summed E-state index contributed by atoms with van der Waals surface area (Å²) >= 11 is 0. The molecular formula is C32H31N5O2. The molecule has 1 aliphatic rings. The van der Waals surface area contributed by atoms with Crippen LogP contribution < -0.4 is 10.1 Å². The lowest BCUT2D eigenvalue weighted by Gasteiger charge is -2.31. The van der Waals surface area contributed by atoms with Crippen molar-refractivity contribution in [3.63, 3.8) is 0 Å². The van der Waals surface area contributed by atoms with E-state index in [9.17, 15) is 4.79 Å². The maximum absolute atomic E-state index is 13.9. The number of rotatable bonds is 6. The molecule has 0 aliphatic carbocycles. The Balaban J connectivity index is 1.43. The first kappa shape index (κ1) is 24.6. The lowest BCUT2D eigenvalue weighted by atomic mass is 10.0. The summed E-state index contributed by atoms with van der Waals surface area (Å²) < 4.78 is 9.57. The highest BCUT2D eigenvalue weighted by Crippen LogP contribution is 2.38. The maximum Gasteiger partial charge on any atom is 0.318 e. The Hall–Kier alpha value is -4.78. The van der Waals surface area contributed by atoms with E-state index in [1.807, 2.05) is 83.2 Å². The number of hydrogen-bond donors (Lipinski definition) is 1. The number of hydrogen-bond acceptors (Lipinski definition) is 3. The van der Waals surface area contributed by atoms with Gasteiger partial charge in [-0.25, -0.2) is 9.48 Å². The normalized spacial score (nSPS) is 14.3. The van der Waals surface area contributed by atoms with Gasteiger partial charge in [-0.15, -0.1) is 0 Å². The molecule has 1 aliphatic heterocycles. The molecule has 1 atom stereocenters. The van der Waals surface area contributed by atoms with Crippen LogP contribution in [0.4, 0.5) is 4.79 Å². The van der Waals surface area contributed by atoms with Gasteiger partial charge in [-0.05, 0) is 60.9 Å². The number of nitrogens with one attached hydrogen (secondary N) is 1. The van der Waals surface area contributed by atoms with Crippen LogP contribution in [0.25, 0.3) is 11.5 Å². The smallest absolute Gasteiger partial charge is 0.318 e. The molecule has 0 fully saturated rings. The first-order valence-corrected chi connectivity index (χ1v) is 13.2. The second-order valence-electron chi connectivity index (χ2n) is 9.71. The number of nitrogens with zero attached hydrogens (tertiary/aromatic N) is 4. The van der Waals surface area contributed by atoms with Crippen LogP contribution in [0.5, 0.6) is 5.75 Å². The summed E-state index contributed by atoms with van der Waals surface area (Å²) in [5.41, 5.74) is 6.08. The van der Waals surface area contributed by atoms with Crippen molar-refractivity contribution in [1.82, 2.24) is 24.6 Å². The van der Waals surface area contributed by atoms with Crippen molar-refractivity contribution < 1.29 is 9.53 Å². The van der Waals surface area contributed by atoms with E-state index in [4.69, 9.17) is 9.84 Å². The van der Waals surface area contributed by atoms with Crippen LogP contribution in [0.1, 0.15) is 34.1 Å². The highest BCUT2D eigenvalue weighted by Gasteiger charge is 2.35. The topological polar surface area (TPSA) is 64.3 Å². The van der Waals surface area contributed by atoms with Crippen molar-refractivity contribution in [3.05, 3.63) is 131 Å². The first-order valence-electron chi connectivity index (χ1n) is 13.2. The van der Waals surface area contributed by atoms with E-state index in [1.54, 1.807) is 7.11 Å². The molecule has 0 radical (unpaired) electrons. The van der Waals surface area contributed by atoms with Crippen molar-refractivity contribution in [3.8, 4) is 17.3 Å². The van der Waals surface area contributed by atoms with Gasteiger partial charge in [0.05, 0.1) is 36.8 Å². The lowest BCUT2D eigenvalue weighted by molar-refractivity contribution is 0.180. The van der Waals surface area contributed by atoms with Gasteiger partial charge >= 0.3 is 6.03 Å². The van der Waals surface area contributed by atoms with Gasteiger partial charge in [0.1, 0.15) is 11.6 Å². The summed E-state index contributed by atoms with van der Waals surface area (Å²) in [6, 6.07) is 32.0. The van der Waals surface area contributed by atoms with Crippen LogP contribution in [0.2, 0.25) is 0 Å². The van der Waals surface area contributed by atoms with E-state index in [1.165, 1.54) is 5.56 Å². The number of amides is 2. The van der Waals surface area contributed by atoms with Crippen molar-refractivity contribution in [2.75, 3.05) is 13.7 Å². The van der Waals surface area contributed by atoms with E-state index in [-0.39, 0.29) is 12.1 Å². The molecule has 3 heterocycles. The van der Waals surface area contributed by atoms with Gasteiger partial charge in [-0.2, -0.15) is 5.10 Å². The van der Waals surface area contributed by atoms with Crippen molar-refractivity contribution in [2.45, 2.75) is 25.9 Å². The average Bonchev–Trinajstić information content (AvgIpc) is 3.54. The number of fused-ring (bicyclic) bond motifs is 3. The molecule has 7 heteroatoms. The van der Waals surface area contributed by atoms with Gasteiger partial charge < -0.3 is 19.5 Å². The molecule has 0 unspecified atom stereocenters. The number of benzene rings is 3. The Kier molecular flexibility index (Phi) is 6.63. The molecule has 6 rings (SSSR count). The lowest BCUT2D eigenvalue weighted by Crippen LogP contribution is -2.42. The zero-order chi connectivity index (χ0) is 26.8. The zero-order valence-corrected chi connectivity index (χ0v) is 22.1. The Bertz CT molecular complexity index is 1570. The molecule has 1 N–H and O–H groups in total. The fraction of sp³-hybridized carbons (Fsp3) is 0.188. The summed E-state index contributed by atoms with van der Waals surface area (Å²) in [4.78, 5) is 15.9. The standard InChI is InChI=1S/C32H31N5O2/c1-23-28-22-36(32(38)33-20-19-24-10-5-3-6-11-24)30(25-15-17-27(39-2)18-16-25)29-14-9-21-35(29)31(28)37(34-23)26-12-7-4-8-13-26/h3-18,21,30H,19-20,22H2,1-2H3,(H,33,38)/t30-/m1/s1. The van der Waals surface area contributed by atoms with Gasteiger partial charge in [-0.3, -0.25) is 0 Å². The average molecular weight is 518 g/mol. The Morgan fingerprint density at radius 2 is 1.67 bits per heavy atom. The maximum atomic E-state index is 13.9. The second kappa shape index (κ2) is 10.5. The molecule has 2 aromatic heterocycles. The molecule has 0 saturated heterocycles. The minimum atomic E-state index is -0.307. The Labute approximate surface area is 228 Å². The molecule has 2 amide bonds. The number of urea groups is 1. The minimum absolute atomic E-state index is 0.112. The molecule has 5 aromatic rings. The molecular weight excluding hydrogens is 486 g/mol. The van der Waals surface area contributed by atoms with Crippen LogP contribution in [0.15, 0.2) is 103 Å². The number of para-hydroxylation sites is 1. The van der Waals surface area contributed by atoms with Gasteiger partial charge in [0.25, 0.3) is 0 Å². The number of aryl methyl sites for hydroxylation is 1. The third kappa shape index (κ3) is 4.68. The predicted octanol–water partition coefficient (Wildman–Crippen LogP) is 5.84. The quantitative estimate of drug-likeness (QED) is 0.308. The SMILES string of the molecule is COc1ccc([C@@H]2c3cccn3-c3c(c(C)nn3-c3ccccc3)CN2C(=O)NCCc2ccccc2)cc1. The van der Waals surface area contributed by atoms with Crippen LogP contribution in [0, 0.1) is 6.92 Å². The van der Waals surface area contributed by atoms with Crippen LogP contribution >= 0.6 is 0 Å². The van der Waals surface area contributed by atoms with Crippen LogP contribution in [-0.4, -0.2) is 38.9 Å². The molecule has 0 spiro atoms. The third-order valence-electron chi connectivity index (χ3n) is 7.31. The molecule has 3 aromatic carbocycles. The van der Waals surface area contributed by atoms with E-state index in [0.717, 1.165) is 46.2 Å². The Morgan fingerprint density at radius 3 is 2.38 bits per heavy atom. The zero-order valence-electron chi connectivity index (χ0n) is 22.1. The van der Waals surface area contributed by atoms with Crippen molar-refractivity contribution >= 4 is 6.03 Å². The monoisotopic (exact) mass is 517 g/mol. The fourth-order valence-electron chi connectivity index (χ4n) is 5.35. The number of methoxy groups -OCH3 is 1. The predicted molar refractivity (Wildman–Crippen MR) is 152 cm³/mol. The number of carbonyl (C=O) groups is 1. The molecule has 7 nitrogen and oxygen atoms in total. The van der Waals surface area contributed by atoms with Gasteiger partial charge in [0.2, 0.25) is 0 Å². The number of carbonyl (C=O) groups excluding carboxylic acids is 1. The summed E-state index contributed by atoms with van der Waals surface area (Å²) in [6.07, 6.45) is 2.82. The highest BCUT2D eigenvalue weighted by atomic mass is 16.5. The number of ether oxygens (including phenoxy) is 1. The van der Waals surface area contributed by atoms with Gasteiger partial charge in [0, 0.05) is 18.3 Å². The molecule has 0 saturated carbocycles. The van der Waals surface area contributed by atoms with E-state index >= 15 is 0 Å². The number of aromatic nitrogens is 3. The molecule has 196 valence electrons. The van der Waals surface area contributed by atoms with Crippen molar-refractivity contribution in [1.29, 1.82) is 0 Å². The van der Waals surface area contributed by atoms with E-state index < -0.39 is 0 Å². The highest BCUT2D eigenvalue weighted by molar-refractivity contribution is 5.76. The second-order valence-corrected chi connectivity index (χ2v) is 9.71. The van der Waals surface area contributed by atoms with Crippen LogP contribution in [-0.2, 0) is 13.0 Å². The van der Waals surface area contributed by atoms with Crippen molar-refractivity contribution in [2.24, 2.45) is 0 Å². The summed E-state index contributed by atoms with van der Waals surface area (Å²) in [6.45, 7) is 2.98. The Morgan fingerprint density at radius 1 is 0.949 bits per heavy atom. The summed E-state index contributed by atoms with van der Waals surface area (Å²) in [5.74, 6) is 1.73. The first-order chi connectivity index (χ1) is 19.1. The summed E-state index contributed by atoms with van der Waals surface area (Å²) in [5, 5.41) is 8.11. The van der Waals surface area contributed by atoms with E-state index in [2.05, 4.69) is 46.4 Å². The van der Waals surface area contributed by atoms with Gasteiger partial charge in [0.15, 0.2) is 0 Å². The minimum Gasteiger partial charge on any atom is -0.497 e. The molecule has 39 heavy (non-hydrogen) atoms. The van der Waals surface area contributed by atoms with Crippen LogP contribution in [0.3, 0.4) is 0 Å². The van der Waals surface area contributed by atoms with E-state index in [0.29, 0.717) is 13.1 Å². The van der Waals surface area contributed by atoms with Gasteiger partial charge in [-0.1, -0.05) is 60.7 Å². The summed E-state index contributed by atoms with van der Waals surface area (Å²) in [7, 11) is 1.66. The molecule has 0 bridgehead atoms. The third-order valence-corrected chi connectivity index (χ3v) is 7.31. The fourth-order valence-corrected chi connectivity index (χ4v) is 5.35. The largest absolute Gasteiger partial charge is 0.497 e.